The molecule has 0 saturated carbocycles. The van der Waals surface area contributed by atoms with Crippen molar-refractivity contribution in [3.05, 3.63) is 35.9 Å². The number of benzene rings is 2. The lowest BCUT2D eigenvalue weighted by molar-refractivity contribution is 0.103. The normalized spacial score (nSPS) is 14.1. The molecule has 0 aromatic heterocycles. The molecule has 2 aromatic carbocycles. The summed E-state index contributed by atoms with van der Waals surface area (Å²) in [7, 11) is -4.79. The van der Waals surface area contributed by atoms with Crippen molar-refractivity contribution in [1.29, 1.82) is 0 Å². The lowest BCUT2D eigenvalue weighted by atomic mass is 10.1. The SMILES string of the molecule is O=C1Nc2ccc(S(=O)(=O)F)c3cccc1c23. The van der Waals surface area contributed by atoms with E-state index in [2.05, 4.69) is 5.32 Å². The van der Waals surface area contributed by atoms with Crippen molar-refractivity contribution in [3.8, 4) is 0 Å². The first kappa shape index (κ1) is 10.2. The Labute approximate surface area is 96.3 Å². The number of halogens is 1. The molecule has 0 spiro atoms. The van der Waals surface area contributed by atoms with E-state index in [1.807, 2.05) is 0 Å². The molecule has 1 aliphatic rings. The van der Waals surface area contributed by atoms with E-state index in [0.717, 1.165) is 6.07 Å². The van der Waals surface area contributed by atoms with Gasteiger partial charge in [0.05, 0.1) is 0 Å². The maximum Gasteiger partial charge on any atom is 0.332 e. The zero-order chi connectivity index (χ0) is 12.2. The molecule has 2 aromatic rings. The van der Waals surface area contributed by atoms with Crippen LogP contribution in [0.4, 0.5) is 9.57 Å². The highest BCUT2D eigenvalue weighted by molar-refractivity contribution is 7.86. The van der Waals surface area contributed by atoms with E-state index in [9.17, 15) is 17.1 Å². The van der Waals surface area contributed by atoms with Crippen LogP contribution in [0.15, 0.2) is 35.2 Å². The van der Waals surface area contributed by atoms with Gasteiger partial charge in [-0.1, -0.05) is 12.1 Å². The van der Waals surface area contributed by atoms with Crippen molar-refractivity contribution in [1.82, 2.24) is 0 Å². The number of amides is 1. The Kier molecular flexibility index (Phi) is 1.83. The van der Waals surface area contributed by atoms with Gasteiger partial charge < -0.3 is 5.32 Å². The van der Waals surface area contributed by atoms with Crippen LogP contribution in [-0.2, 0) is 10.2 Å². The summed E-state index contributed by atoms with van der Waals surface area (Å²) in [6, 6.07) is 7.13. The molecule has 1 N–H and O–H groups in total. The van der Waals surface area contributed by atoms with Gasteiger partial charge in [-0.05, 0) is 18.2 Å². The van der Waals surface area contributed by atoms with Crippen molar-refractivity contribution in [3.63, 3.8) is 0 Å². The topological polar surface area (TPSA) is 63.2 Å². The molecule has 0 unspecified atom stereocenters. The molecule has 0 saturated heterocycles. The molecule has 0 bridgehead atoms. The van der Waals surface area contributed by atoms with E-state index in [0.29, 0.717) is 16.6 Å². The average molecular weight is 251 g/mol. The minimum atomic E-state index is -4.79. The standard InChI is InChI=1S/C11H6FNO3S/c12-17(15,16)9-5-4-8-10-6(9)2-1-3-7(10)11(14)13-8/h1-5H,(H,13,14). The molecule has 6 heteroatoms. The number of hydrogen-bond acceptors (Lipinski definition) is 3. The molecule has 0 radical (unpaired) electrons. The molecule has 3 rings (SSSR count). The molecule has 17 heavy (non-hydrogen) atoms. The van der Waals surface area contributed by atoms with Crippen molar-refractivity contribution >= 4 is 32.6 Å². The van der Waals surface area contributed by atoms with Crippen LogP contribution in [0.3, 0.4) is 0 Å². The fraction of sp³-hybridized carbons (Fsp3) is 0. The van der Waals surface area contributed by atoms with E-state index >= 15 is 0 Å². The molecule has 0 fully saturated rings. The van der Waals surface area contributed by atoms with Gasteiger partial charge in [-0.25, -0.2) is 0 Å². The first-order chi connectivity index (χ1) is 7.98. The molecule has 1 aliphatic heterocycles. The summed E-state index contributed by atoms with van der Waals surface area (Å²) < 4.78 is 35.1. The second kappa shape index (κ2) is 3.04. The van der Waals surface area contributed by atoms with Gasteiger partial charge in [0, 0.05) is 22.0 Å². The third-order valence-electron chi connectivity index (χ3n) is 2.76. The summed E-state index contributed by atoms with van der Waals surface area (Å²) >= 11 is 0. The quantitative estimate of drug-likeness (QED) is 0.789. The zero-order valence-corrected chi connectivity index (χ0v) is 9.21. The van der Waals surface area contributed by atoms with Gasteiger partial charge in [0.25, 0.3) is 5.91 Å². The second-order valence-electron chi connectivity index (χ2n) is 3.73. The van der Waals surface area contributed by atoms with Crippen LogP contribution in [0.2, 0.25) is 0 Å². The van der Waals surface area contributed by atoms with Crippen molar-refractivity contribution in [2.75, 3.05) is 5.32 Å². The number of nitrogens with one attached hydrogen (secondary N) is 1. The van der Waals surface area contributed by atoms with Gasteiger partial charge in [-0.3, -0.25) is 4.79 Å². The Bertz CT molecular complexity index is 768. The summed E-state index contributed by atoms with van der Waals surface area (Å²) in [5.41, 5.74) is 0.871. The third kappa shape index (κ3) is 1.34. The number of anilines is 1. The monoisotopic (exact) mass is 251 g/mol. The Balaban J connectivity index is 2.54. The van der Waals surface area contributed by atoms with Crippen LogP contribution in [-0.4, -0.2) is 14.3 Å². The highest BCUT2D eigenvalue weighted by atomic mass is 32.3. The summed E-state index contributed by atoms with van der Waals surface area (Å²) in [5, 5.41) is 3.27. The fourth-order valence-corrected chi connectivity index (χ4v) is 2.74. The largest absolute Gasteiger partial charge is 0.332 e. The van der Waals surface area contributed by atoms with E-state index in [1.54, 1.807) is 6.07 Å². The van der Waals surface area contributed by atoms with Gasteiger partial charge in [0.2, 0.25) is 0 Å². The summed E-state index contributed by atoms with van der Waals surface area (Å²) in [6.45, 7) is 0. The Hall–Kier alpha value is -1.95. The van der Waals surface area contributed by atoms with Gasteiger partial charge in [0.1, 0.15) is 4.90 Å². The maximum atomic E-state index is 13.1. The Morgan fingerprint density at radius 3 is 2.59 bits per heavy atom. The molecule has 1 heterocycles. The average Bonchev–Trinajstić information content (AvgIpc) is 2.57. The highest BCUT2D eigenvalue weighted by Gasteiger charge is 2.25. The number of hydrogen-bond donors (Lipinski definition) is 1. The summed E-state index contributed by atoms with van der Waals surface area (Å²) in [4.78, 5) is 11.1. The Morgan fingerprint density at radius 1 is 1.12 bits per heavy atom. The van der Waals surface area contributed by atoms with Crippen molar-refractivity contribution in [2.45, 2.75) is 4.90 Å². The van der Waals surface area contributed by atoms with E-state index in [4.69, 9.17) is 0 Å². The smallest absolute Gasteiger partial charge is 0.321 e. The van der Waals surface area contributed by atoms with E-state index in [1.165, 1.54) is 18.2 Å². The van der Waals surface area contributed by atoms with Crippen LogP contribution in [0.25, 0.3) is 10.8 Å². The summed E-state index contributed by atoms with van der Waals surface area (Å²) in [6.07, 6.45) is 0. The Morgan fingerprint density at radius 2 is 1.88 bits per heavy atom. The fourth-order valence-electron chi connectivity index (χ4n) is 2.08. The maximum absolute atomic E-state index is 13.1. The van der Waals surface area contributed by atoms with Crippen LogP contribution >= 0.6 is 0 Å². The lowest BCUT2D eigenvalue weighted by Gasteiger charge is -2.03. The molecule has 1 amide bonds. The van der Waals surface area contributed by atoms with Crippen molar-refractivity contribution < 1.29 is 17.1 Å². The molecule has 86 valence electrons. The van der Waals surface area contributed by atoms with Gasteiger partial charge in [-0.15, -0.1) is 3.89 Å². The van der Waals surface area contributed by atoms with Crippen LogP contribution in [0.5, 0.6) is 0 Å². The zero-order valence-electron chi connectivity index (χ0n) is 8.40. The highest BCUT2D eigenvalue weighted by Crippen LogP contribution is 2.36. The molecule has 0 aliphatic carbocycles. The number of rotatable bonds is 1. The first-order valence-electron chi connectivity index (χ1n) is 4.80. The van der Waals surface area contributed by atoms with Gasteiger partial charge >= 0.3 is 10.2 Å². The predicted octanol–water partition coefficient (Wildman–Crippen LogP) is 2.06. The first-order valence-corrected chi connectivity index (χ1v) is 6.18. The molecular formula is C11H6FNO3S. The molecule has 4 nitrogen and oxygen atoms in total. The van der Waals surface area contributed by atoms with Crippen molar-refractivity contribution in [2.24, 2.45) is 0 Å². The van der Waals surface area contributed by atoms with Crippen LogP contribution in [0.1, 0.15) is 10.4 Å². The minimum absolute atomic E-state index is 0.223. The minimum Gasteiger partial charge on any atom is -0.321 e. The van der Waals surface area contributed by atoms with Crippen LogP contribution < -0.4 is 5.32 Å². The second-order valence-corrected chi connectivity index (χ2v) is 5.05. The third-order valence-corrected chi connectivity index (χ3v) is 3.64. The van der Waals surface area contributed by atoms with Crippen LogP contribution in [0, 0.1) is 0 Å². The van der Waals surface area contributed by atoms with Gasteiger partial charge in [-0.2, -0.15) is 8.42 Å². The number of carbonyl (C=O) groups excluding carboxylic acids is 1. The lowest BCUT2D eigenvalue weighted by Crippen LogP contribution is -2.03. The number of carbonyl (C=O) groups is 1. The summed E-state index contributed by atoms with van der Waals surface area (Å²) in [5.74, 6) is -0.306. The molecular weight excluding hydrogens is 245 g/mol. The van der Waals surface area contributed by atoms with Gasteiger partial charge in [0.15, 0.2) is 0 Å². The predicted molar refractivity (Wildman–Crippen MR) is 60.2 cm³/mol. The molecule has 0 atom stereocenters. The van der Waals surface area contributed by atoms with E-state index in [-0.39, 0.29) is 11.3 Å². The van der Waals surface area contributed by atoms with E-state index < -0.39 is 15.1 Å².